The van der Waals surface area contributed by atoms with E-state index < -0.39 is 10.9 Å². The Bertz CT molecular complexity index is 639. The molecule has 0 heterocycles. The van der Waals surface area contributed by atoms with Crippen LogP contribution in [0, 0.1) is 10.1 Å². The highest BCUT2D eigenvalue weighted by atomic mass is 35.5. The van der Waals surface area contributed by atoms with E-state index in [-0.39, 0.29) is 21.7 Å². The molecule has 5 nitrogen and oxygen atoms in total. The van der Waals surface area contributed by atoms with Gasteiger partial charge in [0.1, 0.15) is 5.02 Å². The number of carboxylic acid groups (broad SMARTS) is 1. The Balaban J connectivity index is 2.93. The topological polar surface area (TPSA) is 80.4 Å². The van der Waals surface area contributed by atoms with Gasteiger partial charge >= 0.3 is 5.97 Å². The van der Waals surface area contributed by atoms with Gasteiger partial charge in [0.15, 0.2) is 0 Å². The molecule has 0 bridgehead atoms. The summed E-state index contributed by atoms with van der Waals surface area (Å²) in [5.74, 6) is -1.13. The SMILES string of the molecule is O=C(O)c1cccc2c([N+](=O)[O-])c(Cl)ccc12. The van der Waals surface area contributed by atoms with E-state index in [9.17, 15) is 14.9 Å². The molecule has 0 amide bonds. The lowest BCUT2D eigenvalue weighted by atomic mass is 10.0. The van der Waals surface area contributed by atoms with Crippen molar-refractivity contribution in [3.05, 3.63) is 51.0 Å². The molecule has 1 N–H and O–H groups in total. The summed E-state index contributed by atoms with van der Waals surface area (Å²) in [7, 11) is 0. The van der Waals surface area contributed by atoms with Gasteiger partial charge in [0.25, 0.3) is 5.69 Å². The summed E-state index contributed by atoms with van der Waals surface area (Å²) in [5, 5.41) is 20.4. The molecule has 2 aromatic carbocycles. The molecule has 0 aromatic heterocycles. The van der Waals surface area contributed by atoms with E-state index in [1.807, 2.05) is 0 Å². The average Bonchev–Trinajstić information content (AvgIpc) is 2.26. The fourth-order valence-corrected chi connectivity index (χ4v) is 1.92. The predicted molar refractivity (Wildman–Crippen MR) is 62.6 cm³/mol. The van der Waals surface area contributed by atoms with Crippen LogP contribution in [0.25, 0.3) is 10.8 Å². The molecule has 6 heteroatoms. The number of benzene rings is 2. The van der Waals surface area contributed by atoms with Crippen molar-refractivity contribution in [2.24, 2.45) is 0 Å². The Labute approximate surface area is 100 Å². The molecule has 2 rings (SSSR count). The first-order chi connectivity index (χ1) is 8.02. The van der Waals surface area contributed by atoms with E-state index in [0.29, 0.717) is 5.39 Å². The highest BCUT2D eigenvalue weighted by Gasteiger charge is 2.19. The lowest BCUT2D eigenvalue weighted by Crippen LogP contribution is -1.99. The zero-order chi connectivity index (χ0) is 12.6. The van der Waals surface area contributed by atoms with Crippen molar-refractivity contribution in [1.82, 2.24) is 0 Å². The molecule has 0 saturated carbocycles. The quantitative estimate of drug-likeness (QED) is 0.657. The summed E-state index contributed by atoms with van der Waals surface area (Å²) in [5.41, 5.74) is -0.255. The number of fused-ring (bicyclic) bond motifs is 1. The van der Waals surface area contributed by atoms with Crippen LogP contribution in [-0.4, -0.2) is 16.0 Å². The maximum atomic E-state index is 11.0. The van der Waals surface area contributed by atoms with Crippen LogP contribution in [-0.2, 0) is 0 Å². The standard InChI is InChI=1S/C11H6ClNO4/c12-9-5-4-6-7(10(9)13(16)17)2-1-3-8(6)11(14)15/h1-5H,(H,14,15). The van der Waals surface area contributed by atoms with Crippen LogP contribution in [0.5, 0.6) is 0 Å². The lowest BCUT2D eigenvalue weighted by Gasteiger charge is -2.04. The van der Waals surface area contributed by atoms with Gasteiger partial charge in [0.05, 0.1) is 15.9 Å². The molecular weight excluding hydrogens is 246 g/mol. The van der Waals surface area contributed by atoms with E-state index in [1.165, 1.54) is 30.3 Å². The molecule has 0 unspecified atom stereocenters. The van der Waals surface area contributed by atoms with Crippen molar-refractivity contribution in [3.8, 4) is 0 Å². The summed E-state index contributed by atoms with van der Waals surface area (Å²) in [6.45, 7) is 0. The number of hydrogen-bond acceptors (Lipinski definition) is 3. The highest BCUT2D eigenvalue weighted by Crippen LogP contribution is 2.34. The summed E-state index contributed by atoms with van der Waals surface area (Å²) in [4.78, 5) is 21.3. The van der Waals surface area contributed by atoms with Gasteiger partial charge in [0.2, 0.25) is 0 Å². The minimum Gasteiger partial charge on any atom is -0.478 e. The normalized spacial score (nSPS) is 10.4. The monoisotopic (exact) mass is 251 g/mol. The second kappa shape index (κ2) is 4.03. The van der Waals surface area contributed by atoms with E-state index >= 15 is 0 Å². The van der Waals surface area contributed by atoms with Crippen molar-refractivity contribution in [2.45, 2.75) is 0 Å². The Hall–Kier alpha value is -2.14. The van der Waals surface area contributed by atoms with Crippen molar-refractivity contribution < 1.29 is 14.8 Å². The van der Waals surface area contributed by atoms with Gasteiger partial charge in [-0.25, -0.2) is 4.79 Å². The third-order valence-corrected chi connectivity index (χ3v) is 2.70. The molecule has 0 fully saturated rings. The first-order valence-corrected chi connectivity index (χ1v) is 4.99. The molecule has 0 spiro atoms. The van der Waals surface area contributed by atoms with E-state index in [0.717, 1.165) is 0 Å². The van der Waals surface area contributed by atoms with E-state index in [1.54, 1.807) is 0 Å². The Morgan fingerprint density at radius 1 is 1.24 bits per heavy atom. The Morgan fingerprint density at radius 2 is 1.94 bits per heavy atom. The van der Waals surface area contributed by atoms with E-state index in [4.69, 9.17) is 16.7 Å². The third-order valence-electron chi connectivity index (χ3n) is 2.40. The zero-order valence-electron chi connectivity index (χ0n) is 8.38. The molecule has 2 aromatic rings. The number of carboxylic acids is 1. The van der Waals surface area contributed by atoms with Crippen LogP contribution in [0.3, 0.4) is 0 Å². The zero-order valence-corrected chi connectivity index (χ0v) is 9.14. The van der Waals surface area contributed by atoms with Crippen molar-refractivity contribution in [2.75, 3.05) is 0 Å². The Kier molecular flexibility index (Phi) is 2.69. The van der Waals surface area contributed by atoms with Gasteiger partial charge < -0.3 is 5.11 Å². The van der Waals surface area contributed by atoms with Crippen LogP contribution in [0.4, 0.5) is 5.69 Å². The first-order valence-electron chi connectivity index (χ1n) is 4.61. The van der Waals surface area contributed by atoms with Gasteiger partial charge in [0, 0.05) is 5.39 Å². The summed E-state index contributed by atoms with van der Waals surface area (Å²) >= 11 is 5.74. The average molecular weight is 252 g/mol. The van der Waals surface area contributed by atoms with Crippen molar-refractivity contribution in [1.29, 1.82) is 0 Å². The molecule has 0 saturated heterocycles. The second-order valence-electron chi connectivity index (χ2n) is 3.36. The van der Waals surface area contributed by atoms with Gasteiger partial charge in [-0.05, 0) is 18.2 Å². The van der Waals surface area contributed by atoms with Crippen LogP contribution in [0.15, 0.2) is 30.3 Å². The summed E-state index contributed by atoms with van der Waals surface area (Å²) in [6, 6.07) is 7.12. The van der Waals surface area contributed by atoms with Crippen molar-refractivity contribution >= 4 is 34.0 Å². The molecule has 17 heavy (non-hydrogen) atoms. The number of nitro groups is 1. The molecule has 0 aliphatic carbocycles. The number of rotatable bonds is 2. The number of nitro benzene ring substituents is 1. The van der Waals surface area contributed by atoms with Crippen LogP contribution < -0.4 is 0 Å². The minimum atomic E-state index is -1.13. The maximum Gasteiger partial charge on any atom is 0.336 e. The molecule has 0 aliphatic rings. The van der Waals surface area contributed by atoms with Crippen LogP contribution >= 0.6 is 11.6 Å². The smallest absolute Gasteiger partial charge is 0.336 e. The largest absolute Gasteiger partial charge is 0.478 e. The van der Waals surface area contributed by atoms with E-state index in [2.05, 4.69) is 0 Å². The fourth-order valence-electron chi connectivity index (χ4n) is 1.69. The number of hydrogen-bond donors (Lipinski definition) is 1. The number of carbonyl (C=O) groups is 1. The highest BCUT2D eigenvalue weighted by molar-refractivity contribution is 6.34. The van der Waals surface area contributed by atoms with Gasteiger partial charge in [-0.1, -0.05) is 23.7 Å². The van der Waals surface area contributed by atoms with Crippen molar-refractivity contribution in [3.63, 3.8) is 0 Å². The van der Waals surface area contributed by atoms with Crippen LogP contribution in [0.1, 0.15) is 10.4 Å². The second-order valence-corrected chi connectivity index (χ2v) is 3.77. The lowest BCUT2D eigenvalue weighted by molar-refractivity contribution is -0.382. The number of nitrogens with zero attached hydrogens (tertiary/aromatic N) is 1. The van der Waals surface area contributed by atoms with Gasteiger partial charge in [-0.3, -0.25) is 10.1 Å². The third kappa shape index (κ3) is 1.81. The molecular formula is C11H6ClNO4. The minimum absolute atomic E-state index is 0.00922. The molecule has 0 radical (unpaired) electrons. The van der Waals surface area contributed by atoms with Gasteiger partial charge in [-0.2, -0.15) is 0 Å². The van der Waals surface area contributed by atoms with Gasteiger partial charge in [-0.15, -0.1) is 0 Å². The maximum absolute atomic E-state index is 11.0. The van der Waals surface area contributed by atoms with Crippen LogP contribution in [0.2, 0.25) is 5.02 Å². The molecule has 0 aliphatic heterocycles. The molecule has 0 atom stereocenters. The summed E-state index contributed by atoms with van der Waals surface area (Å²) in [6.07, 6.45) is 0. The molecule has 86 valence electrons. The number of halogens is 1. The predicted octanol–water partition coefficient (Wildman–Crippen LogP) is 3.10. The Morgan fingerprint density at radius 3 is 2.53 bits per heavy atom. The number of aromatic carboxylic acids is 1. The first kappa shape index (κ1) is 11.3. The fraction of sp³-hybridized carbons (Fsp3) is 0. The summed E-state index contributed by atoms with van der Waals surface area (Å²) < 4.78 is 0.